The van der Waals surface area contributed by atoms with E-state index >= 15 is 0 Å². The van der Waals surface area contributed by atoms with Crippen molar-refractivity contribution in [1.29, 1.82) is 0 Å². The average Bonchev–Trinajstić information content (AvgIpc) is 3.00. The van der Waals surface area contributed by atoms with Gasteiger partial charge in [0.1, 0.15) is 0 Å². The van der Waals surface area contributed by atoms with Crippen LogP contribution in [0.5, 0.6) is 0 Å². The number of hydrogen-bond donors (Lipinski definition) is 0. The zero-order valence-corrected chi connectivity index (χ0v) is 24.2. The maximum Gasteiger partial charge on any atom is 2.00 e. The Morgan fingerprint density at radius 1 is 0.561 bits per heavy atom. The molecule has 41 heavy (non-hydrogen) atoms. The molecule has 0 aliphatic carbocycles. The fourth-order valence-electron chi connectivity index (χ4n) is 6.22. The Morgan fingerprint density at radius 2 is 1.02 bits per heavy atom. The maximum absolute atomic E-state index is 4.68. The molecule has 8 rings (SSSR count). The molecule has 2 aromatic heterocycles. The molecule has 0 bridgehead atoms. The summed E-state index contributed by atoms with van der Waals surface area (Å²) < 4.78 is 0. The summed E-state index contributed by atoms with van der Waals surface area (Å²) in [5, 5.41) is 0. The Kier molecular flexibility index (Phi) is 6.24. The van der Waals surface area contributed by atoms with Crippen molar-refractivity contribution in [3.8, 4) is 44.8 Å². The maximum atomic E-state index is 4.68. The van der Waals surface area contributed by atoms with Gasteiger partial charge in [-0.15, -0.1) is 47.5 Å². The standard InChI is InChI=1S/C36H24BN3.Pd/c1-23-15-17-38-33(19-23)25-11-13-29-27-7-3-5-9-31(27)37-32-10-6-4-8-28(32)30-14-12-26(34-20-24(2)16-18-39-34)22-36(30)40(37)35(29)21-25;/h3-20H,1-2H3;/q-2;+2. The molecule has 4 heterocycles. The topological polar surface area (TPSA) is 29.0 Å². The largest absolute Gasteiger partial charge is 2.00 e. The van der Waals surface area contributed by atoms with Gasteiger partial charge in [0, 0.05) is 12.4 Å². The number of fused-ring (bicyclic) bond motifs is 11. The van der Waals surface area contributed by atoms with Crippen molar-refractivity contribution in [3.05, 3.63) is 133 Å². The van der Waals surface area contributed by atoms with Crippen LogP contribution in [-0.4, -0.2) is 16.8 Å². The predicted octanol–water partition coefficient (Wildman–Crippen LogP) is 6.93. The van der Waals surface area contributed by atoms with E-state index in [1.54, 1.807) is 0 Å². The Morgan fingerprint density at radius 3 is 1.49 bits per heavy atom. The quantitative estimate of drug-likeness (QED) is 0.156. The van der Waals surface area contributed by atoms with Crippen LogP contribution in [0.1, 0.15) is 11.1 Å². The smallest absolute Gasteiger partial charge is 0.407 e. The molecular weight excluding hydrogens is 592 g/mol. The molecular formula is C36H24BN3Pd. The van der Waals surface area contributed by atoms with E-state index in [1.165, 1.54) is 44.3 Å². The minimum atomic E-state index is 0. The number of rotatable bonds is 2. The van der Waals surface area contributed by atoms with Crippen molar-refractivity contribution in [2.24, 2.45) is 0 Å². The average molecular weight is 616 g/mol. The molecule has 0 unspecified atom stereocenters. The first-order chi connectivity index (χ1) is 19.7. The van der Waals surface area contributed by atoms with E-state index in [1.807, 2.05) is 24.5 Å². The molecule has 6 aromatic rings. The SMILES string of the molecule is Cc1ccnc(-c2[c-]c3c(cc2)-c2ccccc2B2c4ccccc4-c4ccc(-c5cc(C)ccn5)[c-]c4N23)c1.[Pd+2]. The van der Waals surface area contributed by atoms with Crippen molar-refractivity contribution in [2.45, 2.75) is 13.8 Å². The van der Waals surface area contributed by atoms with Crippen molar-refractivity contribution < 1.29 is 20.4 Å². The van der Waals surface area contributed by atoms with Crippen LogP contribution in [0.15, 0.2) is 109 Å². The Hall–Kier alpha value is -4.29. The van der Waals surface area contributed by atoms with E-state index in [9.17, 15) is 0 Å². The number of nitrogens with zero attached hydrogens (tertiary/aromatic N) is 3. The zero-order valence-electron chi connectivity index (χ0n) is 22.6. The first-order valence-corrected chi connectivity index (χ1v) is 13.6. The number of anilines is 2. The Labute approximate surface area is 254 Å². The van der Waals surface area contributed by atoms with Crippen molar-refractivity contribution >= 4 is 29.1 Å². The van der Waals surface area contributed by atoms with Gasteiger partial charge in [-0.2, -0.15) is 0 Å². The van der Waals surface area contributed by atoms with E-state index in [0.29, 0.717) is 0 Å². The molecule has 0 radical (unpaired) electrons. The number of aryl methyl sites for hydroxylation is 2. The summed E-state index contributed by atoms with van der Waals surface area (Å²) in [5.74, 6) is 0. The monoisotopic (exact) mass is 615 g/mol. The van der Waals surface area contributed by atoms with Gasteiger partial charge in [0.25, 0.3) is 0 Å². The first-order valence-electron chi connectivity index (χ1n) is 13.6. The molecule has 196 valence electrons. The van der Waals surface area contributed by atoms with Gasteiger partial charge in [-0.1, -0.05) is 116 Å². The van der Waals surface area contributed by atoms with Gasteiger partial charge in [0.15, 0.2) is 0 Å². The third-order valence-electron chi connectivity index (χ3n) is 8.06. The molecule has 4 aromatic carbocycles. The molecule has 0 amide bonds. The van der Waals surface area contributed by atoms with Gasteiger partial charge in [-0.05, 0) is 37.4 Å². The van der Waals surface area contributed by atoms with Gasteiger partial charge < -0.3 is 14.8 Å². The van der Waals surface area contributed by atoms with Crippen molar-refractivity contribution in [2.75, 3.05) is 4.81 Å². The van der Waals surface area contributed by atoms with Crippen LogP contribution in [0.4, 0.5) is 11.4 Å². The minimum absolute atomic E-state index is 0. The van der Waals surface area contributed by atoms with Crippen LogP contribution in [0, 0.1) is 26.0 Å². The minimum Gasteiger partial charge on any atom is -0.407 e. The summed E-state index contributed by atoms with van der Waals surface area (Å²) >= 11 is 0. The number of hydrogen-bond acceptors (Lipinski definition) is 3. The fourth-order valence-corrected chi connectivity index (χ4v) is 6.22. The molecule has 0 saturated carbocycles. The predicted molar refractivity (Wildman–Crippen MR) is 165 cm³/mol. The van der Waals surface area contributed by atoms with Crippen LogP contribution in [0.3, 0.4) is 0 Å². The Balaban J connectivity index is 0.00000276. The molecule has 3 nitrogen and oxygen atoms in total. The van der Waals surface area contributed by atoms with Crippen molar-refractivity contribution in [3.63, 3.8) is 0 Å². The van der Waals surface area contributed by atoms with E-state index in [2.05, 4.69) is 126 Å². The molecule has 2 aliphatic rings. The number of benzene rings is 4. The third-order valence-corrected chi connectivity index (χ3v) is 8.06. The molecule has 2 aliphatic heterocycles. The Bertz CT molecular complexity index is 1830. The summed E-state index contributed by atoms with van der Waals surface area (Å²) in [6.45, 7) is 4.20. The van der Waals surface area contributed by atoms with Crippen LogP contribution in [0.2, 0.25) is 0 Å². The molecule has 5 heteroatoms. The number of aromatic nitrogens is 2. The van der Waals surface area contributed by atoms with E-state index in [0.717, 1.165) is 33.9 Å². The fraction of sp³-hybridized carbons (Fsp3) is 0.0556. The van der Waals surface area contributed by atoms with Gasteiger partial charge >= 0.3 is 27.3 Å². The van der Waals surface area contributed by atoms with Gasteiger partial charge in [0.05, 0.1) is 0 Å². The summed E-state index contributed by atoms with van der Waals surface area (Å²) in [6, 6.07) is 42.2. The molecule has 0 saturated heterocycles. The summed E-state index contributed by atoms with van der Waals surface area (Å²) in [6.07, 6.45) is 3.74. The molecule has 0 atom stereocenters. The van der Waals surface area contributed by atoms with Crippen LogP contribution < -0.4 is 15.7 Å². The zero-order chi connectivity index (χ0) is 26.8. The van der Waals surface area contributed by atoms with Crippen LogP contribution in [0.25, 0.3) is 44.8 Å². The first kappa shape index (κ1) is 25.7. The summed E-state index contributed by atoms with van der Waals surface area (Å²) in [4.78, 5) is 11.8. The summed E-state index contributed by atoms with van der Waals surface area (Å²) in [7, 11) is 0. The second kappa shape index (κ2) is 9.96. The van der Waals surface area contributed by atoms with E-state index < -0.39 is 0 Å². The van der Waals surface area contributed by atoms with Crippen LogP contribution in [-0.2, 0) is 20.4 Å². The van der Waals surface area contributed by atoms with Gasteiger partial charge in [-0.25, -0.2) is 0 Å². The molecule has 0 N–H and O–H groups in total. The van der Waals surface area contributed by atoms with Crippen molar-refractivity contribution in [1.82, 2.24) is 9.97 Å². The number of pyridine rings is 2. The second-order valence-corrected chi connectivity index (χ2v) is 10.7. The normalized spacial score (nSPS) is 12.3. The third kappa shape index (κ3) is 4.08. The van der Waals surface area contributed by atoms with Gasteiger partial charge in [0.2, 0.25) is 0 Å². The van der Waals surface area contributed by atoms with E-state index in [4.69, 9.17) is 0 Å². The van der Waals surface area contributed by atoms with E-state index in [-0.39, 0.29) is 27.3 Å². The molecule has 0 spiro atoms. The van der Waals surface area contributed by atoms with Gasteiger partial charge in [-0.3, -0.25) is 0 Å². The summed E-state index contributed by atoms with van der Waals surface area (Å²) in [5.41, 5.74) is 15.7. The second-order valence-electron chi connectivity index (χ2n) is 10.7. The van der Waals surface area contributed by atoms with Crippen LogP contribution >= 0.6 is 0 Å². The molecule has 0 fully saturated rings.